The highest BCUT2D eigenvalue weighted by molar-refractivity contribution is 7.90. The number of nitrogens with two attached hydrogens (primary N) is 1. The Hall–Kier alpha value is -1.50. The summed E-state index contributed by atoms with van der Waals surface area (Å²) in [5.74, 6) is -0.409. The largest absolute Gasteiger partial charge is 0.598 e. The number of alkyl halides is 3. The van der Waals surface area contributed by atoms with Crippen molar-refractivity contribution in [2.24, 2.45) is 5.14 Å². The maximum atomic E-state index is 13.3. The standard InChI is InChI=1S/C18H20F3NOS/c1-12(17(2,3)24(22)23)14-9-15(13-7-5-4-6-8-13)11-16(10-14)18(19,20)21/h4-12H,22H2,1-3H3. The summed E-state index contributed by atoms with van der Waals surface area (Å²) in [6.45, 7) is 5.13. The molecule has 2 N–H and O–H groups in total. The Bertz CT molecular complexity index is 699. The summed E-state index contributed by atoms with van der Waals surface area (Å²) in [6.07, 6.45) is -4.45. The molecule has 0 aliphatic rings. The predicted octanol–water partition coefficient (Wildman–Crippen LogP) is 4.88. The van der Waals surface area contributed by atoms with Gasteiger partial charge in [-0.2, -0.15) is 18.3 Å². The smallest absolute Gasteiger partial charge is 0.416 e. The van der Waals surface area contributed by atoms with Crippen LogP contribution >= 0.6 is 0 Å². The van der Waals surface area contributed by atoms with Gasteiger partial charge in [0.1, 0.15) is 4.75 Å². The lowest BCUT2D eigenvalue weighted by molar-refractivity contribution is -0.137. The van der Waals surface area contributed by atoms with Crippen LogP contribution in [0.3, 0.4) is 0 Å². The fourth-order valence-electron chi connectivity index (χ4n) is 2.44. The van der Waals surface area contributed by atoms with Crippen LogP contribution in [0.1, 0.15) is 37.8 Å². The van der Waals surface area contributed by atoms with Gasteiger partial charge in [0.25, 0.3) is 0 Å². The highest BCUT2D eigenvalue weighted by Crippen LogP contribution is 2.39. The van der Waals surface area contributed by atoms with Crippen molar-refractivity contribution in [3.63, 3.8) is 0 Å². The molecule has 2 unspecified atom stereocenters. The molecule has 6 heteroatoms. The Morgan fingerprint density at radius 3 is 2.08 bits per heavy atom. The first-order valence-corrected chi connectivity index (χ1v) is 8.68. The molecular weight excluding hydrogens is 335 g/mol. The lowest BCUT2D eigenvalue weighted by Gasteiger charge is -2.31. The van der Waals surface area contributed by atoms with Crippen LogP contribution in [0, 0.1) is 0 Å². The number of halogens is 3. The Morgan fingerprint density at radius 1 is 1.00 bits per heavy atom. The summed E-state index contributed by atoms with van der Waals surface area (Å²) in [6, 6.07) is 12.8. The Labute approximate surface area is 143 Å². The van der Waals surface area contributed by atoms with Gasteiger partial charge in [0.2, 0.25) is 0 Å². The summed E-state index contributed by atoms with van der Waals surface area (Å²) in [4.78, 5) is 0. The van der Waals surface area contributed by atoms with Crippen LogP contribution in [0.2, 0.25) is 0 Å². The van der Waals surface area contributed by atoms with Crippen molar-refractivity contribution in [1.82, 2.24) is 0 Å². The monoisotopic (exact) mass is 355 g/mol. The molecule has 0 saturated heterocycles. The minimum absolute atomic E-state index is 0.409. The summed E-state index contributed by atoms with van der Waals surface area (Å²) >= 11 is -1.67. The SMILES string of the molecule is CC(c1cc(-c2ccccc2)cc(C(F)(F)F)c1)C(C)(C)[S+](N)[O-]. The van der Waals surface area contributed by atoms with E-state index in [4.69, 9.17) is 5.14 Å². The highest BCUT2D eigenvalue weighted by Gasteiger charge is 2.39. The predicted molar refractivity (Wildman–Crippen MR) is 91.7 cm³/mol. The van der Waals surface area contributed by atoms with Crippen LogP contribution < -0.4 is 5.14 Å². The normalized spacial score (nSPS) is 15.2. The van der Waals surface area contributed by atoms with Gasteiger partial charge in [0.05, 0.1) is 5.56 Å². The van der Waals surface area contributed by atoms with Crippen molar-refractivity contribution >= 4 is 11.4 Å². The zero-order chi connectivity index (χ0) is 18.1. The van der Waals surface area contributed by atoms with E-state index in [1.54, 1.807) is 57.2 Å². The van der Waals surface area contributed by atoms with Crippen LogP contribution in [-0.2, 0) is 17.5 Å². The molecule has 0 heterocycles. The topological polar surface area (TPSA) is 49.1 Å². The molecule has 0 saturated carbocycles. The molecule has 0 aliphatic carbocycles. The molecule has 0 bridgehead atoms. The third-order valence-corrected chi connectivity index (χ3v) is 5.84. The Kier molecular flexibility index (Phi) is 5.32. The first-order valence-electron chi connectivity index (χ1n) is 7.47. The Morgan fingerprint density at radius 2 is 1.58 bits per heavy atom. The minimum atomic E-state index is -4.45. The van der Waals surface area contributed by atoms with Gasteiger partial charge in [-0.15, -0.1) is 0 Å². The van der Waals surface area contributed by atoms with Gasteiger partial charge >= 0.3 is 6.18 Å². The zero-order valence-corrected chi connectivity index (χ0v) is 14.5. The van der Waals surface area contributed by atoms with Crippen LogP contribution in [0.5, 0.6) is 0 Å². The van der Waals surface area contributed by atoms with Crippen LogP contribution in [-0.4, -0.2) is 9.30 Å². The van der Waals surface area contributed by atoms with Gasteiger partial charge in [0.15, 0.2) is 0 Å². The van der Waals surface area contributed by atoms with E-state index in [2.05, 4.69) is 0 Å². The van der Waals surface area contributed by atoms with Gasteiger partial charge in [-0.1, -0.05) is 43.3 Å². The number of hydrogen-bond donors (Lipinski definition) is 1. The van der Waals surface area contributed by atoms with E-state index in [0.717, 1.165) is 12.1 Å². The molecule has 130 valence electrons. The lowest BCUT2D eigenvalue weighted by atomic mass is 9.86. The maximum Gasteiger partial charge on any atom is 0.416 e. The van der Waals surface area contributed by atoms with E-state index in [-0.39, 0.29) is 0 Å². The van der Waals surface area contributed by atoms with Crippen molar-refractivity contribution in [3.8, 4) is 11.1 Å². The number of rotatable bonds is 4. The second-order valence-electron chi connectivity index (χ2n) is 6.33. The average Bonchev–Trinajstić information content (AvgIpc) is 2.53. The molecule has 0 aromatic heterocycles. The van der Waals surface area contributed by atoms with Crippen molar-refractivity contribution in [2.75, 3.05) is 0 Å². The van der Waals surface area contributed by atoms with Crippen molar-refractivity contribution < 1.29 is 17.7 Å². The quantitative estimate of drug-likeness (QED) is 0.795. The number of benzene rings is 2. The van der Waals surface area contributed by atoms with E-state index >= 15 is 0 Å². The highest BCUT2D eigenvalue weighted by atomic mass is 32.2. The molecule has 2 nitrogen and oxygen atoms in total. The first-order chi connectivity index (χ1) is 11.0. The minimum Gasteiger partial charge on any atom is -0.598 e. The second-order valence-corrected chi connectivity index (χ2v) is 7.98. The van der Waals surface area contributed by atoms with E-state index in [1.807, 2.05) is 0 Å². The molecule has 2 aromatic rings. The molecule has 0 aliphatic heterocycles. The van der Waals surface area contributed by atoms with Gasteiger partial charge in [-0.25, -0.2) is 0 Å². The summed E-state index contributed by atoms with van der Waals surface area (Å²) in [7, 11) is 0. The van der Waals surface area contributed by atoms with Gasteiger partial charge in [-0.3, -0.25) is 0 Å². The van der Waals surface area contributed by atoms with Gasteiger partial charge < -0.3 is 4.55 Å². The van der Waals surface area contributed by atoms with Crippen LogP contribution in [0.4, 0.5) is 13.2 Å². The van der Waals surface area contributed by atoms with Crippen LogP contribution in [0.25, 0.3) is 11.1 Å². The molecule has 2 aromatic carbocycles. The lowest BCUT2D eigenvalue weighted by Crippen LogP contribution is -2.42. The second kappa shape index (κ2) is 6.78. The summed E-state index contributed by atoms with van der Waals surface area (Å²) in [5, 5.41) is 5.53. The third-order valence-electron chi connectivity index (χ3n) is 4.45. The third kappa shape index (κ3) is 3.94. The maximum absolute atomic E-state index is 13.3. The molecule has 2 atom stereocenters. The molecular formula is C18H20F3NOS. The van der Waals surface area contributed by atoms with Gasteiger partial charge in [0, 0.05) is 17.3 Å². The fraction of sp³-hybridized carbons (Fsp3) is 0.333. The van der Waals surface area contributed by atoms with Gasteiger partial charge in [-0.05, 0) is 42.7 Å². The number of hydrogen-bond acceptors (Lipinski definition) is 2. The summed E-state index contributed by atoms with van der Waals surface area (Å²) in [5.41, 5.74) is 0.923. The van der Waals surface area contributed by atoms with Crippen molar-refractivity contribution in [1.29, 1.82) is 0 Å². The van der Waals surface area contributed by atoms with E-state index in [0.29, 0.717) is 16.7 Å². The molecule has 0 radical (unpaired) electrons. The molecule has 0 fully saturated rings. The van der Waals surface area contributed by atoms with E-state index < -0.39 is 33.8 Å². The average molecular weight is 355 g/mol. The van der Waals surface area contributed by atoms with E-state index in [9.17, 15) is 17.7 Å². The van der Waals surface area contributed by atoms with E-state index in [1.165, 1.54) is 0 Å². The van der Waals surface area contributed by atoms with Crippen LogP contribution in [0.15, 0.2) is 48.5 Å². The Balaban J connectivity index is 2.60. The van der Waals surface area contributed by atoms with Crippen molar-refractivity contribution in [3.05, 3.63) is 59.7 Å². The molecule has 0 amide bonds. The zero-order valence-electron chi connectivity index (χ0n) is 13.7. The first kappa shape index (κ1) is 18.8. The fourth-order valence-corrected chi connectivity index (χ4v) is 2.92. The molecule has 24 heavy (non-hydrogen) atoms. The van der Waals surface area contributed by atoms with Crippen molar-refractivity contribution in [2.45, 2.75) is 37.6 Å². The molecule has 2 rings (SSSR count). The molecule has 0 spiro atoms. The summed E-state index contributed by atoms with van der Waals surface area (Å²) < 4.78 is 50.8.